The maximum absolute atomic E-state index is 11.8. The number of hydrogen-bond acceptors (Lipinski definition) is 4. The molecule has 0 radical (unpaired) electrons. The highest BCUT2D eigenvalue weighted by atomic mass is 16.5. The van der Waals surface area contributed by atoms with E-state index in [2.05, 4.69) is 6.92 Å². The van der Waals surface area contributed by atoms with E-state index in [1.54, 1.807) is 42.5 Å². The Balaban J connectivity index is 2.35. The molecule has 0 unspecified atom stereocenters. The molecule has 0 aliphatic rings. The van der Waals surface area contributed by atoms with Crippen LogP contribution < -0.4 is 4.74 Å². The van der Waals surface area contributed by atoms with Crippen LogP contribution in [0.1, 0.15) is 35.7 Å². The molecule has 0 atom stereocenters. The number of carbonyl (C=O) groups excluding carboxylic acids is 1. The van der Waals surface area contributed by atoms with E-state index in [9.17, 15) is 9.90 Å². The number of benzene rings is 2. The molecule has 0 amide bonds. The molecule has 0 aliphatic carbocycles. The second-order valence-electron chi connectivity index (χ2n) is 4.95. The lowest BCUT2D eigenvalue weighted by atomic mass is 10.1. The van der Waals surface area contributed by atoms with E-state index >= 15 is 0 Å². The van der Waals surface area contributed by atoms with Crippen LogP contribution in [0.15, 0.2) is 42.5 Å². The number of ether oxygens (including phenoxy) is 2. The maximum Gasteiger partial charge on any atom is 0.341 e. The van der Waals surface area contributed by atoms with Crippen molar-refractivity contribution in [1.82, 2.24) is 0 Å². The van der Waals surface area contributed by atoms with Crippen LogP contribution in [0, 0.1) is 0 Å². The van der Waals surface area contributed by atoms with Crippen molar-refractivity contribution in [3.05, 3.63) is 53.6 Å². The highest BCUT2D eigenvalue weighted by Gasteiger charge is 2.15. The monoisotopic (exact) mass is 300 g/mol. The number of phenols is 1. The third kappa shape index (κ3) is 3.58. The lowest BCUT2D eigenvalue weighted by molar-refractivity contribution is 0.0598. The number of para-hydroxylation sites is 1. The first-order valence-electron chi connectivity index (χ1n) is 7.33. The Bertz CT molecular complexity index is 649. The normalized spacial score (nSPS) is 10.3. The summed E-state index contributed by atoms with van der Waals surface area (Å²) in [7, 11) is 1.33. The SMILES string of the molecule is CCCCc1c(O)cccc1Oc1ccccc1C(=O)OC. The lowest BCUT2D eigenvalue weighted by Gasteiger charge is -2.14. The fourth-order valence-corrected chi connectivity index (χ4v) is 2.21. The van der Waals surface area contributed by atoms with Crippen molar-refractivity contribution in [1.29, 1.82) is 0 Å². The average Bonchev–Trinajstić information content (AvgIpc) is 2.54. The number of esters is 1. The molecule has 0 spiro atoms. The van der Waals surface area contributed by atoms with Crippen LogP contribution >= 0.6 is 0 Å². The van der Waals surface area contributed by atoms with Gasteiger partial charge in [-0.3, -0.25) is 0 Å². The molecular weight excluding hydrogens is 280 g/mol. The van der Waals surface area contributed by atoms with Crippen LogP contribution in [0.25, 0.3) is 0 Å². The molecule has 116 valence electrons. The Labute approximate surface area is 130 Å². The smallest absolute Gasteiger partial charge is 0.341 e. The molecule has 0 saturated carbocycles. The molecule has 4 heteroatoms. The second kappa shape index (κ2) is 7.50. The van der Waals surface area contributed by atoms with Crippen molar-refractivity contribution in [2.24, 2.45) is 0 Å². The van der Waals surface area contributed by atoms with Gasteiger partial charge < -0.3 is 14.6 Å². The number of aromatic hydroxyl groups is 1. The molecule has 0 aliphatic heterocycles. The zero-order valence-electron chi connectivity index (χ0n) is 12.8. The maximum atomic E-state index is 11.8. The van der Waals surface area contributed by atoms with Crippen molar-refractivity contribution < 1.29 is 19.4 Å². The van der Waals surface area contributed by atoms with Crippen molar-refractivity contribution in [2.75, 3.05) is 7.11 Å². The number of rotatable bonds is 6. The number of phenolic OH excluding ortho intramolecular Hbond substituents is 1. The summed E-state index contributed by atoms with van der Waals surface area (Å²) in [5, 5.41) is 10.0. The third-order valence-electron chi connectivity index (χ3n) is 3.40. The Morgan fingerprint density at radius 2 is 1.82 bits per heavy atom. The number of unbranched alkanes of at least 4 members (excludes halogenated alkanes) is 1. The van der Waals surface area contributed by atoms with Gasteiger partial charge in [0.2, 0.25) is 0 Å². The molecule has 4 nitrogen and oxygen atoms in total. The molecule has 0 bridgehead atoms. The van der Waals surface area contributed by atoms with Crippen LogP contribution in [0.2, 0.25) is 0 Å². The summed E-state index contributed by atoms with van der Waals surface area (Å²) < 4.78 is 10.6. The molecule has 2 aromatic rings. The Hall–Kier alpha value is -2.49. The summed E-state index contributed by atoms with van der Waals surface area (Å²) in [6, 6.07) is 12.1. The minimum atomic E-state index is -0.453. The predicted molar refractivity (Wildman–Crippen MR) is 84.6 cm³/mol. The molecule has 1 N–H and O–H groups in total. The molecule has 22 heavy (non-hydrogen) atoms. The van der Waals surface area contributed by atoms with E-state index in [0.29, 0.717) is 17.1 Å². The molecule has 0 aromatic heterocycles. The highest BCUT2D eigenvalue weighted by molar-refractivity contribution is 5.92. The van der Waals surface area contributed by atoms with Crippen LogP contribution in [-0.4, -0.2) is 18.2 Å². The third-order valence-corrected chi connectivity index (χ3v) is 3.40. The summed E-state index contributed by atoms with van der Waals surface area (Å²) in [6.07, 6.45) is 2.69. The van der Waals surface area contributed by atoms with Gasteiger partial charge in [0.1, 0.15) is 22.8 Å². The van der Waals surface area contributed by atoms with E-state index in [1.165, 1.54) is 7.11 Å². The van der Waals surface area contributed by atoms with Crippen LogP contribution in [0.4, 0.5) is 0 Å². The van der Waals surface area contributed by atoms with Gasteiger partial charge in [0.05, 0.1) is 7.11 Å². The number of methoxy groups -OCH3 is 1. The zero-order valence-corrected chi connectivity index (χ0v) is 12.8. The Kier molecular flexibility index (Phi) is 5.42. The second-order valence-corrected chi connectivity index (χ2v) is 4.95. The van der Waals surface area contributed by atoms with Crippen LogP contribution in [-0.2, 0) is 11.2 Å². The van der Waals surface area contributed by atoms with E-state index in [-0.39, 0.29) is 5.75 Å². The molecule has 0 heterocycles. The van der Waals surface area contributed by atoms with Crippen molar-refractivity contribution in [2.45, 2.75) is 26.2 Å². The molecule has 2 rings (SSSR count). The Morgan fingerprint density at radius 1 is 1.09 bits per heavy atom. The van der Waals surface area contributed by atoms with E-state index in [0.717, 1.165) is 24.8 Å². The topological polar surface area (TPSA) is 55.8 Å². The molecule has 2 aromatic carbocycles. The highest BCUT2D eigenvalue weighted by Crippen LogP contribution is 2.34. The number of carbonyl (C=O) groups is 1. The summed E-state index contributed by atoms with van der Waals surface area (Å²) in [5.74, 6) is 0.731. The minimum Gasteiger partial charge on any atom is -0.508 e. The van der Waals surface area contributed by atoms with Gasteiger partial charge in [-0.1, -0.05) is 31.5 Å². The van der Waals surface area contributed by atoms with Gasteiger partial charge in [-0.15, -0.1) is 0 Å². The van der Waals surface area contributed by atoms with Gasteiger partial charge in [0.25, 0.3) is 0 Å². The minimum absolute atomic E-state index is 0.210. The van der Waals surface area contributed by atoms with Gasteiger partial charge in [-0.2, -0.15) is 0 Å². The summed E-state index contributed by atoms with van der Waals surface area (Å²) >= 11 is 0. The summed E-state index contributed by atoms with van der Waals surface area (Å²) in [5.41, 5.74) is 1.11. The van der Waals surface area contributed by atoms with Gasteiger partial charge in [0, 0.05) is 5.56 Å². The summed E-state index contributed by atoms with van der Waals surface area (Å²) in [4.78, 5) is 11.8. The standard InChI is InChI=1S/C18H20O4/c1-3-4-8-13-15(19)10-7-12-16(13)22-17-11-6-5-9-14(17)18(20)21-2/h5-7,9-12,19H,3-4,8H2,1-2H3. The van der Waals surface area contributed by atoms with E-state index < -0.39 is 5.97 Å². The first kappa shape index (κ1) is 15.9. The number of hydrogen-bond donors (Lipinski definition) is 1. The first-order chi connectivity index (χ1) is 10.7. The average molecular weight is 300 g/mol. The lowest BCUT2D eigenvalue weighted by Crippen LogP contribution is -2.04. The van der Waals surface area contributed by atoms with E-state index in [4.69, 9.17) is 9.47 Å². The molecule has 0 fully saturated rings. The van der Waals surface area contributed by atoms with Crippen LogP contribution in [0.3, 0.4) is 0 Å². The van der Waals surface area contributed by atoms with Gasteiger partial charge in [-0.05, 0) is 37.1 Å². The van der Waals surface area contributed by atoms with E-state index in [1.807, 2.05) is 0 Å². The molecular formula is C18H20O4. The van der Waals surface area contributed by atoms with Crippen molar-refractivity contribution >= 4 is 5.97 Å². The van der Waals surface area contributed by atoms with Gasteiger partial charge >= 0.3 is 5.97 Å². The van der Waals surface area contributed by atoms with Gasteiger partial charge in [0.15, 0.2) is 0 Å². The Morgan fingerprint density at radius 3 is 2.55 bits per heavy atom. The largest absolute Gasteiger partial charge is 0.508 e. The van der Waals surface area contributed by atoms with Crippen LogP contribution in [0.5, 0.6) is 17.2 Å². The quantitative estimate of drug-likeness (QED) is 0.807. The van der Waals surface area contributed by atoms with Crippen molar-refractivity contribution in [3.8, 4) is 17.2 Å². The fourth-order valence-electron chi connectivity index (χ4n) is 2.21. The fraction of sp³-hybridized carbons (Fsp3) is 0.278. The molecule has 0 saturated heterocycles. The van der Waals surface area contributed by atoms with Gasteiger partial charge in [-0.25, -0.2) is 4.79 Å². The summed E-state index contributed by atoms with van der Waals surface area (Å²) in [6.45, 7) is 2.09. The zero-order chi connectivity index (χ0) is 15.9. The van der Waals surface area contributed by atoms with Crippen molar-refractivity contribution in [3.63, 3.8) is 0 Å². The predicted octanol–water partition coefficient (Wildman–Crippen LogP) is 4.31. The first-order valence-corrected chi connectivity index (χ1v) is 7.33.